The van der Waals surface area contributed by atoms with Gasteiger partial charge in [0.15, 0.2) is 0 Å². The maximum Gasteiger partial charge on any atom is 0.144 e. The van der Waals surface area contributed by atoms with Gasteiger partial charge in [-0.3, -0.25) is 0 Å². The molecule has 0 amide bonds. The van der Waals surface area contributed by atoms with Crippen molar-refractivity contribution in [3.05, 3.63) is 210 Å². The number of anilines is 3. The molecule has 0 spiro atoms. The highest BCUT2D eigenvalue weighted by Crippen LogP contribution is 2.55. The predicted molar refractivity (Wildman–Crippen MR) is 252 cm³/mol. The minimum Gasteiger partial charge on any atom is -0.455 e. The van der Waals surface area contributed by atoms with Crippen LogP contribution in [0.5, 0.6) is 0 Å². The molecule has 9 aromatic carbocycles. The van der Waals surface area contributed by atoms with Gasteiger partial charge in [0.2, 0.25) is 0 Å². The Balaban J connectivity index is 1.14. The summed E-state index contributed by atoms with van der Waals surface area (Å²) >= 11 is 0. The van der Waals surface area contributed by atoms with Gasteiger partial charge in [-0.1, -0.05) is 165 Å². The summed E-state index contributed by atoms with van der Waals surface area (Å²) in [5.41, 5.74) is 15.0. The fraction of sp³-hybridized carbons (Fsp3) is 0.0877. The average molecular weight is 758 g/mol. The Bertz CT molecular complexity index is 3360. The zero-order valence-electron chi connectivity index (χ0n) is 33.8. The maximum atomic E-state index is 7.12. The van der Waals surface area contributed by atoms with E-state index in [1.54, 1.807) is 0 Å². The van der Waals surface area contributed by atoms with E-state index in [4.69, 9.17) is 4.42 Å². The number of furan rings is 1. The van der Waals surface area contributed by atoms with Crippen molar-refractivity contribution in [1.29, 1.82) is 0 Å². The smallest absolute Gasteiger partial charge is 0.144 e. The highest BCUT2D eigenvalue weighted by atomic mass is 16.3. The molecule has 2 heteroatoms. The summed E-state index contributed by atoms with van der Waals surface area (Å²) in [6.07, 6.45) is 2.40. The van der Waals surface area contributed by atoms with Crippen molar-refractivity contribution in [2.75, 3.05) is 4.90 Å². The lowest BCUT2D eigenvalue weighted by Gasteiger charge is -2.27. The van der Waals surface area contributed by atoms with Crippen molar-refractivity contribution in [3.63, 3.8) is 0 Å². The van der Waals surface area contributed by atoms with Crippen LogP contribution in [-0.4, -0.2) is 0 Å². The summed E-state index contributed by atoms with van der Waals surface area (Å²) in [5, 5.41) is 9.68. The van der Waals surface area contributed by atoms with Gasteiger partial charge < -0.3 is 9.32 Å². The second-order valence-corrected chi connectivity index (χ2v) is 16.6. The van der Waals surface area contributed by atoms with Crippen molar-refractivity contribution in [3.8, 4) is 11.1 Å². The van der Waals surface area contributed by atoms with E-state index in [-0.39, 0.29) is 5.41 Å². The van der Waals surface area contributed by atoms with Crippen LogP contribution in [0.4, 0.5) is 17.1 Å². The second kappa shape index (κ2) is 13.5. The van der Waals surface area contributed by atoms with E-state index in [0.29, 0.717) is 0 Å². The lowest BCUT2D eigenvalue weighted by molar-refractivity contribution is 0.639. The normalized spacial score (nSPS) is 13.9. The first-order valence-corrected chi connectivity index (χ1v) is 20.6. The molecule has 10 aromatic rings. The van der Waals surface area contributed by atoms with Gasteiger partial charge in [-0.15, -0.1) is 0 Å². The Morgan fingerprint density at radius 3 is 1.98 bits per heavy atom. The molecule has 0 saturated heterocycles. The Hall–Kier alpha value is -7.16. The number of benzene rings is 9. The van der Waals surface area contributed by atoms with Crippen molar-refractivity contribution in [2.24, 2.45) is 0 Å². The summed E-state index contributed by atoms with van der Waals surface area (Å²) in [5.74, 6) is 0. The van der Waals surface area contributed by atoms with E-state index in [1.807, 2.05) is 0 Å². The summed E-state index contributed by atoms with van der Waals surface area (Å²) in [7, 11) is 0. The van der Waals surface area contributed by atoms with Crippen molar-refractivity contribution >= 4 is 82.5 Å². The minimum absolute atomic E-state index is 0.195. The molecule has 1 heterocycles. The monoisotopic (exact) mass is 757 g/mol. The lowest BCUT2D eigenvalue weighted by Crippen LogP contribution is -2.16. The fourth-order valence-corrected chi connectivity index (χ4v) is 9.63. The largest absolute Gasteiger partial charge is 0.455 e. The molecule has 0 atom stereocenters. The zero-order valence-corrected chi connectivity index (χ0v) is 33.8. The number of allylic oxidation sites excluding steroid dienone is 4. The molecule has 11 rings (SSSR count). The summed E-state index contributed by atoms with van der Waals surface area (Å²) in [6, 6.07) is 65.9. The third-order valence-electron chi connectivity index (χ3n) is 12.9. The lowest BCUT2D eigenvalue weighted by atomic mass is 9.79. The van der Waals surface area contributed by atoms with Gasteiger partial charge in [-0.05, 0) is 117 Å². The molecule has 0 bridgehead atoms. The van der Waals surface area contributed by atoms with E-state index in [0.717, 1.165) is 39.0 Å². The summed E-state index contributed by atoms with van der Waals surface area (Å²) in [6.45, 7) is 9.30. The van der Waals surface area contributed by atoms with Gasteiger partial charge in [-0.2, -0.15) is 0 Å². The number of hydrogen-bond acceptors (Lipinski definition) is 2. The second-order valence-electron chi connectivity index (χ2n) is 16.6. The zero-order chi connectivity index (χ0) is 39.8. The maximum absolute atomic E-state index is 7.12. The first kappa shape index (κ1) is 35.0. The number of fused-ring (bicyclic) bond motifs is 10. The molecule has 0 N–H and O–H groups in total. The van der Waals surface area contributed by atoms with E-state index >= 15 is 0 Å². The van der Waals surface area contributed by atoms with E-state index in [2.05, 4.69) is 221 Å². The summed E-state index contributed by atoms with van der Waals surface area (Å²) in [4.78, 5) is 2.40. The van der Waals surface area contributed by atoms with Crippen LogP contribution < -0.4 is 4.90 Å². The molecule has 0 fully saturated rings. The quantitative estimate of drug-likeness (QED) is 0.168. The number of nitrogens with zero attached hydrogens (tertiary/aromatic N) is 1. The third kappa shape index (κ3) is 5.55. The molecule has 1 aromatic heterocycles. The van der Waals surface area contributed by atoms with Gasteiger partial charge in [0.05, 0.1) is 5.69 Å². The Kier molecular flexibility index (Phi) is 8.00. The number of hydrogen-bond donors (Lipinski definition) is 0. The van der Waals surface area contributed by atoms with E-state index < -0.39 is 0 Å². The first-order chi connectivity index (χ1) is 28.8. The predicted octanol–water partition coefficient (Wildman–Crippen LogP) is 16.4. The fourth-order valence-electron chi connectivity index (χ4n) is 9.63. The third-order valence-corrected chi connectivity index (χ3v) is 12.9. The van der Waals surface area contributed by atoms with Crippen LogP contribution in [0.3, 0.4) is 0 Å². The molecule has 282 valence electrons. The van der Waals surface area contributed by atoms with Gasteiger partial charge in [0, 0.05) is 38.5 Å². The molecule has 1 aliphatic rings. The van der Waals surface area contributed by atoms with Crippen LogP contribution in [0.2, 0.25) is 0 Å². The first-order valence-electron chi connectivity index (χ1n) is 20.6. The highest BCUT2D eigenvalue weighted by molar-refractivity contribution is 6.24. The van der Waals surface area contributed by atoms with Crippen LogP contribution in [0.1, 0.15) is 44.4 Å². The van der Waals surface area contributed by atoms with Crippen LogP contribution >= 0.6 is 0 Å². The minimum atomic E-state index is -0.195. The van der Waals surface area contributed by atoms with Gasteiger partial charge >= 0.3 is 0 Å². The molecule has 2 nitrogen and oxygen atoms in total. The van der Waals surface area contributed by atoms with E-state index in [9.17, 15) is 0 Å². The Morgan fingerprint density at radius 2 is 1.19 bits per heavy atom. The average Bonchev–Trinajstić information content (AvgIpc) is 3.75. The van der Waals surface area contributed by atoms with Crippen LogP contribution in [0, 0.1) is 0 Å². The molecule has 0 saturated carbocycles. The van der Waals surface area contributed by atoms with Crippen molar-refractivity contribution in [2.45, 2.75) is 33.1 Å². The van der Waals surface area contributed by atoms with Crippen molar-refractivity contribution in [1.82, 2.24) is 0 Å². The number of rotatable bonds is 6. The molecule has 1 aliphatic carbocycles. The standard InChI is InChI=1S/C57H43NO/c1-36(42-26-25-39-17-8-9-19-43(39)34-42)33-49-37(2)57(3,4)55-48-23-13-12-22-47(48)53-50-35-45(31-32-52(50)59-56(53)54(49)55)58(51-24-14-20-41-18-10-11-21-46(41)51)44-29-27-40(28-30-44)38-15-6-5-7-16-38/h5-35H,1-4H3/b36-33+. The molecule has 0 aliphatic heterocycles. The van der Waals surface area contributed by atoms with Crippen molar-refractivity contribution < 1.29 is 4.42 Å². The van der Waals surface area contributed by atoms with Gasteiger partial charge in [0.1, 0.15) is 11.2 Å². The van der Waals surface area contributed by atoms with Crippen LogP contribution in [-0.2, 0) is 5.41 Å². The molecular weight excluding hydrogens is 715 g/mol. The van der Waals surface area contributed by atoms with Crippen LogP contribution in [0.15, 0.2) is 198 Å². The molecule has 59 heavy (non-hydrogen) atoms. The topological polar surface area (TPSA) is 16.4 Å². The molecule has 0 radical (unpaired) electrons. The SMILES string of the molecule is CC1=C(/C=C(\C)c2ccc3ccccc3c2)c2c(c3ccccc3c3c2oc2ccc(N(c4ccc(-c5ccccc5)cc4)c4cccc5ccccc45)cc23)C1(C)C. The highest BCUT2D eigenvalue weighted by Gasteiger charge is 2.39. The molecule has 0 unspecified atom stereocenters. The molecular formula is C57H43NO. The van der Waals surface area contributed by atoms with Gasteiger partial charge in [0.25, 0.3) is 0 Å². The summed E-state index contributed by atoms with van der Waals surface area (Å²) < 4.78 is 7.12. The Labute approximate surface area is 345 Å². The van der Waals surface area contributed by atoms with E-state index in [1.165, 1.54) is 76.9 Å². The van der Waals surface area contributed by atoms with Crippen LogP contribution in [0.25, 0.3) is 76.5 Å². The van der Waals surface area contributed by atoms with Gasteiger partial charge in [-0.25, -0.2) is 0 Å². The Morgan fingerprint density at radius 1 is 0.542 bits per heavy atom.